The average molecular weight is 617 g/mol. The van der Waals surface area contributed by atoms with Crippen LogP contribution in [0.3, 0.4) is 0 Å². The second-order valence-electron chi connectivity index (χ2n) is 15.7. The molecule has 7 rings (SSSR count). The molecule has 2 heterocycles. The van der Waals surface area contributed by atoms with Crippen LogP contribution in [0.15, 0.2) is 36.4 Å². The van der Waals surface area contributed by atoms with Crippen LogP contribution in [0.25, 0.3) is 0 Å². The van der Waals surface area contributed by atoms with Gasteiger partial charge in [-0.1, -0.05) is 51.7 Å². The van der Waals surface area contributed by atoms with Crippen molar-refractivity contribution >= 4 is 0 Å². The fraction of sp³-hybridized carbons (Fsp3) is 0.692. The van der Waals surface area contributed by atoms with E-state index in [1.807, 2.05) is 24.3 Å². The van der Waals surface area contributed by atoms with E-state index >= 15 is 0 Å². The summed E-state index contributed by atoms with van der Waals surface area (Å²) >= 11 is 0. The Kier molecular flexibility index (Phi) is 8.97. The standard InChI is InChI=1S/C39H56N2O4/c1-37-13-5-3-4-7-29(23-27-8-10-31(42)25-33(27)37)35(37)40-18-20-45-22-21-44-19-17-39-15-6-14-38(2)34-26-32(43)11-9-28(34)24-30(12-16-39)36(38)41-39/h8-11,25-26,29-30,35-36,40-43H,3-7,12-24H2,1-2H3/t29-,30-,35-,36-,37+,38+,39?/m0/s1. The van der Waals surface area contributed by atoms with Crippen LogP contribution in [0.1, 0.15) is 107 Å². The summed E-state index contributed by atoms with van der Waals surface area (Å²) in [5.74, 6) is 2.09. The Balaban J connectivity index is 0.864. The number of phenolic OH excluding ortho intramolecular Hbond substituents is 2. The monoisotopic (exact) mass is 616 g/mol. The molecule has 0 aromatic heterocycles. The van der Waals surface area contributed by atoms with E-state index in [0.717, 1.165) is 32.4 Å². The number of aromatic hydroxyl groups is 2. The summed E-state index contributed by atoms with van der Waals surface area (Å²) in [6.07, 6.45) is 15.7. The number of piperidine rings is 1. The van der Waals surface area contributed by atoms with E-state index < -0.39 is 0 Å². The minimum atomic E-state index is 0.0470. The lowest BCUT2D eigenvalue weighted by Gasteiger charge is -2.53. The first-order chi connectivity index (χ1) is 21.8. The van der Waals surface area contributed by atoms with Crippen molar-refractivity contribution in [3.05, 3.63) is 58.7 Å². The van der Waals surface area contributed by atoms with Gasteiger partial charge in [-0.15, -0.1) is 0 Å². The Morgan fingerprint density at radius 2 is 1.42 bits per heavy atom. The highest BCUT2D eigenvalue weighted by atomic mass is 16.5. The van der Waals surface area contributed by atoms with Crippen molar-refractivity contribution in [1.29, 1.82) is 0 Å². The van der Waals surface area contributed by atoms with Gasteiger partial charge in [-0.05, 0) is 116 Å². The van der Waals surface area contributed by atoms with Crippen molar-refractivity contribution < 1.29 is 19.7 Å². The maximum Gasteiger partial charge on any atom is 0.115 e. The number of hydrogen-bond acceptors (Lipinski definition) is 6. The van der Waals surface area contributed by atoms with Crippen LogP contribution in [0.5, 0.6) is 11.5 Å². The molecule has 7 atom stereocenters. The van der Waals surface area contributed by atoms with Crippen LogP contribution in [0.4, 0.5) is 0 Å². The third-order valence-corrected chi connectivity index (χ3v) is 13.0. The highest BCUT2D eigenvalue weighted by Gasteiger charge is 2.53. The molecule has 2 saturated heterocycles. The highest BCUT2D eigenvalue weighted by molar-refractivity contribution is 5.45. The molecule has 2 aromatic rings. The number of ether oxygens (including phenoxy) is 2. The van der Waals surface area contributed by atoms with Gasteiger partial charge in [0.05, 0.1) is 19.8 Å². The van der Waals surface area contributed by atoms with Crippen molar-refractivity contribution in [1.82, 2.24) is 10.6 Å². The van der Waals surface area contributed by atoms with E-state index in [-0.39, 0.29) is 16.4 Å². The van der Waals surface area contributed by atoms with E-state index in [1.165, 1.54) is 86.5 Å². The summed E-state index contributed by atoms with van der Waals surface area (Å²) in [7, 11) is 0. The average Bonchev–Trinajstić information content (AvgIpc) is 3.15. The Bertz CT molecular complexity index is 1350. The van der Waals surface area contributed by atoms with Crippen LogP contribution in [0.2, 0.25) is 0 Å². The zero-order chi connectivity index (χ0) is 31.1. The van der Waals surface area contributed by atoms with Gasteiger partial charge in [-0.3, -0.25) is 0 Å². The largest absolute Gasteiger partial charge is 0.508 e. The quantitative estimate of drug-likeness (QED) is 0.223. The SMILES string of the molecule is C[C@@]12CCCCC[C@@H](Cc3ccc(O)cc31)[C@@H]2NCCOCCOCCC12CCC[C@]3(C)c4cc(O)ccc4C[C@H](CC1)[C@@H]3N2. The van der Waals surface area contributed by atoms with Crippen molar-refractivity contribution in [3.63, 3.8) is 0 Å². The highest BCUT2D eigenvalue weighted by Crippen LogP contribution is 2.52. The molecule has 2 aromatic carbocycles. The molecule has 6 heteroatoms. The molecular weight excluding hydrogens is 560 g/mol. The second kappa shape index (κ2) is 12.8. The molecule has 4 N–H and O–H groups in total. The Labute approximate surface area is 270 Å². The molecular formula is C39H56N2O4. The molecule has 6 nitrogen and oxygen atoms in total. The molecule has 246 valence electrons. The molecule has 0 radical (unpaired) electrons. The number of fused-ring (bicyclic) bond motifs is 7. The van der Waals surface area contributed by atoms with E-state index in [9.17, 15) is 10.2 Å². The van der Waals surface area contributed by atoms with Gasteiger partial charge in [-0.25, -0.2) is 0 Å². The molecule has 0 amide bonds. The topological polar surface area (TPSA) is 83.0 Å². The predicted octanol–water partition coefficient (Wildman–Crippen LogP) is 6.68. The lowest BCUT2D eigenvalue weighted by Crippen LogP contribution is -2.63. The Hall–Kier alpha value is -2.12. The fourth-order valence-electron chi connectivity index (χ4n) is 10.6. The lowest BCUT2D eigenvalue weighted by molar-refractivity contribution is 0.0253. The fourth-order valence-corrected chi connectivity index (χ4v) is 10.6. The number of phenols is 2. The van der Waals surface area contributed by atoms with Crippen molar-refractivity contribution in [2.75, 3.05) is 33.0 Å². The Morgan fingerprint density at radius 3 is 2.20 bits per heavy atom. The van der Waals surface area contributed by atoms with Gasteiger partial charge in [-0.2, -0.15) is 0 Å². The van der Waals surface area contributed by atoms with Crippen molar-refractivity contribution in [2.24, 2.45) is 11.8 Å². The minimum absolute atomic E-state index is 0.0470. The zero-order valence-corrected chi connectivity index (χ0v) is 27.7. The normalized spacial score (nSPS) is 35.4. The maximum absolute atomic E-state index is 10.3. The molecule has 5 aliphatic rings. The smallest absolute Gasteiger partial charge is 0.115 e. The third kappa shape index (κ3) is 6.06. The summed E-state index contributed by atoms with van der Waals surface area (Å²) in [5.41, 5.74) is 5.88. The van der Waals surface area contributed by atoms with Crippen LogP contribution >= 0.6 is 0 Å². The van der Waals surface area contributed by atoms with Crippen LogP contribution in [-0.4, -0.2) is 60.8 Å². The molecule has 3 aliphatic carbocycles. The molecule has 4 bridgehead atoms. The summed E-state index contributed by atoms with van der Waals surface area (Å²) in [6.45, 7) is 8.44. The van der Waals surface area contributed by atoms with Gasteiger partial charge in [0.2, 0.25) is 0 Å². The predicted molar refractivity (Wildman–Crippen MR) is 179 cm³/mol. The zero-order valence-electron chi connectivity index (χ0n) is 27.7. The van der Waals surface area contributed by atoms with Gasteiger partial charge in [0, 0.05) is 41.6 Å². The molecule has 45 heavy (non-hydrogen) atoms. The molecule has 1 unspecified atom stereocenters. The first-order valence-corrected chi connectivity index (χ1v) is 18.1. The molecule has 1 saturated carbocycles. The van der Waals surface area contributed by atoms with E-state index in [0.29, 0.717) is 55.2 Å². The lowest BCUT2D eigenvalue weighted by atomic mass is 9.59. The maximum atomic E-state index is 10.3. The second-order valence-corrected chi connectivity index (χ2v) is 15.7. The van der Waals surface area contributed by atoms with Crippen molar-refractivity contribution in [2.45, 2.75) is 126 Å². The number of rotatable bonds is 10. The summed E-state index contributed by atoms with van der Waals surface area (Å²) in [5, 5.41) is 28.7. The number of benzene rings is 2. The van der Waals surface area contributed by atoms with E-state index in [4.69, 9.17) is 9.47 Å². The van der Waals surface area contributed by atoms with Gasteiger partial charge in [0.15, 0.2) is 0 Å². The van der Waals surface area contributed by atoms with E-state index in [1.54, 1.807) is 0 Å². The summed E-state index contributed by atoms with van der Waals surface area (Å²) in [4.78, 5) is 0. The number of nitrogens with one attached hydrogen (secondary N) is 2. The van der Waals surface area contributed by atoms with Crippen LogP contribution in [0, 0.1) is 11.8 Å². The van der Waals surface area contributed by atoms with Gasteiger partial charge in [0.25, 0.3) is 0 Å². The van der Waals surface area contributed by atoms with Crippen LogP contribution < -0.4 is 10.6 Å². The van der Waals surface area contributed by atoms with Crippen molar-refractivity contribution in [3.8, 4) is 11.5 Å². The summed E-state index contributed by atoms with van der Waals surface area (Å²) in [6, 6.07) is 13.0. The molecule has 0 spiro atoms. The third-order valence-electron chi connectivity index (χ3n) is 13.0. The number of hydrogen-bond donors (Lipinski definition) is 4. The van der Waals surface area contributed by atoms with Gasteiger partial charge in [0.1, 0.15) is 11.5 Å². The van der Waals surface area contributed by atoms with Gasteiger partial charge < -0.3 is 30.3 Å². The first kappa shape index (κ1) is 31.5. The van der Waals surface area contributed by atoms with E-state index in [2.05, 4.69) is 36.6 Å². The molecule has 2 aliphatic heterocycles. The Morgan fingerprint density at radius 1 is 0.733 bits per heavy atom. The van der Waals surface area contributed by atoms with Gasteiger partial charge >= 0.3 is 0 Å². The minimum Gasteiger partial charge on any atom is -0.508 e. The summed E-state index contributed by atoms with van der Waals surface area (Å²) < 4.78 is 12.2. The van der Waals surface area contributed by atoms with Crippen LogP contribution in [-0.2, 0) is 33.1 Å². The first-order valence-electron chi connectivity index (χ1n) is 18.1. The molecule has 3 fully saturated rings.